The maximum Gasteiger partial charge on any atom is 0.241 e. The Labute approximate surface area is 195 Å². The van der Waals surface area contributed by atoms with Crippen LogP contribution in [0.5, 0.6) is 0 Å². The molecular formula is C25H36N4O2S. The van der Waals surface area contributed by atoms with Gasteiger partial charge in [0.05, 0.1) is 12.5 Å². The van der Waals surface area contributed by atoms with Gasteiger partial charge in [-0.2, -0.15) is 16.7 Å². The molecule has 1 aliphatic carbocycles. The molecule has 1 saturated heterocycles. The molecule has 6 nitrogen and oxygen atoms in total. The first-order chi connectivity index (χ1) is 15.7. The van der Waals surface area contributed by atoms with E-state index in [0.717, 1.165) is 55.5 Å². The first-order valence-corrected chi connectivity index (χ1v) is 13.2. The first kappa shape index (κ1) is 23.3. The number of rotatable bonds is 9. The molecule has 0 bridgehead atoms. The molecule has 1 unspecified atom stereocenters. The van der Waals surface area contributed by atoms with Crippen molar-refractivity contribution in [2.45, 2.75) is 70.1 Å². The summed E-state index contributed by atoms with van der Waals surface area (Å²) in [5.74, 6) is 2.64. The van der Waals surface area contributed by atoms with Crippen molar-refractivity contribution in [2.24, 2.45) is 5.92 Å². The highest BCUT2D eigenvalue weighted by atomic mass is 32.2. The fraction of sp³-hybridized carbons (Fsp3) is 0.640. The number of aryl methyl sites for hydroxylation is 1. The van der Waals surface area contributed by atoms with E-state index in [4.69, 9.17) is 4.52 Å². The number of amides is 1. The number of aromatic nitrogens is 2. The van der Waals surface area contributed by atoms with Crippen molar-refractivity contribution in [2.75, 3.05) is 25.4 Å². The molecule has 1 saturated carbocycles. The summed E-state index contributed by atoms with van der Waals surface area (Å²) in [7, 11) is 0. The Morgan fingerprint density at radius 1 is 1.16 bits per heavy atom. The van der Waals surface area contributed by atoms with Gasteiger partial charge in [0, 0.05) is 23.9 Å². The predicted octanol–water partition coefficient (Wildman–Crippen LogP) is 4.83. The number of likely N-dealkylation sites (tertiary alicyclic amines) is 1. The molecule has 1 aromatic heterocycles. The van der Waals surface area contributed by atoms with Crippen molar-refractivity contribution in [1.82, 2.24) is 20.4 Å². The van der Waals surface area contributed by atoms with E-state index in [1.165, 1.54) is 37.7 Å². The molecule has 1 amide bonds. The number of carbonyl (C=O) groups excluding carboxylic acids is 1. The minimum atomic E-state index is 0.0502. The average molecular weight is 457 g/mol. The van der Waals surface area contributed by atoms with Gasteiger partial charge in [0.15, 0.2) is 0 Å². The van der Waals surface area contributed by atoms with E-state index in [1.54, 1.807) is 0 Å². The second-order valence-corrected chi connectivity index (χ2v) is 10.6. The first-order valence-electron chi connectivity index (χ1n) is 12.2. The van der Waals surface area contributed by atoms with Gasteiger partial charge < -0.3 is 9.84 Å². The molecule has 2 aliphatic rings. The lowest BCUT2D eigenvalue weighted by Crippen LogP contribution is -2.43. The SMILES string of the molecule is Cc1ccc(-c2noc(CN3CCCC(C(=O)NCCCSC4CCCCC4)C3)n2)cc1. The Kier molecular flexibility index (Phi) is 8.62. The number of benzene rings is 1. The number of nitrogens with zero attached hydrogens (tertiary/aromatic N) is 3. The van der Waals surface area contributed by atoms with E-state index in [9.17, 15) is 4.79 Å². The van der Waals surface area contributed by atoms with Crippen molar-refractivity contribution in [3.05, 3.63) is 35.7 Å². The van der Waals surface area contributed by atoms with Gasteiger partial charge in [-0.1, -0.05) is 54.2 Å². The highest BCUT2D eigenvalue weighted by Crippen LogP contribution is 2.28. The van der Waals surface area contributed by atoms with E-state index < -0.39 is 0 Å². The fourth-order valence-corrected chi connectivity index (χ4v) is 5.96. The summed E-state index contributed by atoms with van der Waals surface area (Å²) >= 11 is 2.10. The molecule has 1 aromatic carbocycles. The number of thioether (sulfide) groups is 1. The summed E-state index contributed by atoms with van der Waals surface area (Å²) in [4.78, 5) is 19.5. The van der Waals surface area contributed by atoms with Gasteiger partial charge in [-0.3, -0.25) is 9.69 Å². The molecule has 4 rings (SSSR count). The fourth-order valence-electron chi connectivity index (χ4n) is 4.65. The largest absolute Gasteiger partial charge is 0.356 e. The van der Waals surface area contributed by atoms with Gasteiger partial charge in [0.2, 0.25) is 17.6 Å². The van der Waals surface area contributed by atoms with E-state index in [1.807, 2.05) is 24.3 Å². The zero-order valence-electron chi connectivity index (χ0n) is 19.2. The molecule has 2 aromatic rings. The van der Waals surface area contributed by atoms with E-state index in [-0.39, 0.29) is 11.8 Å². The minimum absolute atomic E-state index is 0.0502. The van der Waals surface area contributed by atoms with Crippen LogP contribution in [0.1, 0.15) is 62.8 Å². The lowest BCUT2D eigenvalue weighted by Gasteiger charge is -2.30. The van der Waals surface area contributed by atoms with Gasteiger partial charge >= 0.3 is 0 Å². The van der Waals surface area contributed by atoms with Crippen LogP contribution in [0.3, 0.4) is 0 Å². The second kappa shape index (κ2) is 11.8. The molecule has 7 heteroatoms. The van der Waals surface area contributed by atoms with Crippen molar-refractivity contribution in [3.63, 3.8) is 0 Å². The lowest BCUT2D eigenvalue weighted by molar-refractivity contribution is -0.126. The van der Waals surface area contributed by atoms with Crippen LogP contribution in [0.2, 0.25) is 0 Å². The zero-order valence-corrected chi connectivity index (χ0v) is 20.0. The van der Waals surface area contributed by atoms with Crippen LogP contribution in [-0.4, -0.2) is 51.6 Å². The molecular weight excluding hydrogens is 420 g/mol. The van der Waals surface area contributed by atoms with Crippen LogP contribution >= 0.6 is 11.8 Å². The summed E-state index contributed by atoms with van der Waals surface area (Å²) in [6.45, 7) is 5.17. The number of carbonyl (C=O) groups is 1. The molecule has 2 heterocycles. The maximum atomic E-state index is 12.7. The van der Waals surface area contributed by atoms with Crippen LogP contribution < -0.4 is 5.32 Å². The van der Waals surface area contributed by atoms with Crippen LogP contribution in [0.4, 0.5) is 0 Å². The predicted molar refractivity (Wildman–Crippen MR) is 129 cm³/mol. The van der Waals surface area contributed by atoms with E-state index >= 15 is 0 Å². The molecule has 0 radical (unpaired) electrons. The Hall–Kier alpha value is -1.86. The Balaban J connectivity index is 1.18. The van der Waals surface area contributed by atoms with Crippen molar-refractivity contribution >= 4 is 17.7 Å². The van der Waals surface area contributed by atoms with Crippen molar-refractivity contribution in [1.29, 1.82) is 0 Å². The molecule has 2 fully saturated rings. The Morgan fingerprint density at radius 3 is 2.78 bits per heavy atom. The van der Waals surface area contributed by atoms with Gasteiger partial charge in [-0.05, 0) is 51.3 Å². The highest BCUT2D eigenvalue weighted by Gasteiger charge is 2.26. The summed E-state index contributed by atoms with van der Waals surface area (Å²) in [6.07, 6.45) is 9.99. The third-order valence-corrected chi connectivity index (χ3v) is 8.01. The maximum absolute atomic E-state index is 12.7. The Bertz CT molecular complexity index is 848. The van der Waals surface area contributed by atoms with Gasteiger partial charge in [0.1, 0.15) is 0 Å². The summed E-state index contributed by atoms with van der Waals surface area (Å²) in [5.41, 5.74) is 2.17. The van der Waals surface area contributed by atoms with Crippen LogP contribution in [-0.2, 0) is 11.3 Å². The summed E-state index contributed by atoms with van der Waals surface area (Å²) in [5, 5.41) is 8.16. The summed E-state index contributed by atoms with van der Waals surface area (Å²) in [6, 6.07) is 8.12. The van der Waals surface area contributed by atoms with Gasteiger partial charge in [-0.25, -0.2) is 0 Å². The van der Waals surface area contributed by atoms with Crippen molar-refractivity contribution < 1.29 is 9.32 Å². The lowest BCUT2D eigenvalue weighted by atomic mass is 9.97. The summed E-state index contributed by atoms with van der Waals surface area (Å²) < 4.78 is 5.48. The van der Waals surface area contributed by atoms with E-state index in [2.05, 4.69) is 39.0 Å². The standard InChI is InChI=1S/C25H36N4O2S/c1-19-10-12-20(13-11-19)24-27-23(31-28-24)18-29-15-5-7-21(17-29)25(30)26-14-6-16-32-22-8-3-2-4-9-22/h10-13,21-22H,2-9,14-18H2,1H3,(H,26,30). The minimum Gasteiger partial charge on any atom is -0.356 e. The van der Waals surface area contributed by atoms with Gasteiger partial charge in [0.25, 0.3) is 0 Å². The number of hydrogen-bond acceptors (Lipinski definition) is 6. The molecule has 1 atom stereocenters. The third kappa shape index (κ3) is 6.82. The zero-order chi connectivity index (χ0) is 22.2. The molecule has 0 spiro atoms. The average Bonchev–Trinajstić information content (AvgIpc) is 3.28. The molecule has 174 valence electrons. The van der Waals surface area contributed by atoms with E-state index in [0.29, 0.717) is 18.3 Å². The normalized spacial score (nSPS) is 20.3. The number of piperidine rings is 1. The third-order valence-electron chi connectivity index (χ3n) is 6.54. The highest BCUT2D eigenvalue weighted by molar-refractivity contribution is 7.99. The number of hydrogen-bond donors (Lipinski definition) is 1. The molecule has 32 heavy (non-hydrogen) atoms. The topological polar surface area (TPSA) is 71.3 Å². The quantitative estimate of drug-likeness (QED) is 0.545. The number of nitrogens with one attached hydrogen (secondary N) is 1. The van der Waals surface area contributed by atoms with Crippen molar-refractivity contribution in [3.8, 4) is 11.4 Å². The second-order valence-electron chi connectivity index (χ2n) is 9.23. The molecule has 1 aliphatic heterocycles. The van der Waals surface area contributed by atoms with Gasteiger partial charge in [-0.15, -0.1) is 0 Å². The monoisotopic (exact) mass is 456 g/mol. The molecule has 1 N–H and O–H groups in total. The van der Waals surface area contributed by atoms with Crippen LogP contribution in [0, 0.1) is 12.8 Å². The smallest absolute Gasteiger partial charge is 0.241 e. The Morgan fingerprint density at radius 2 is 1.97 bits per heavy atom. The van der Waals surface area contributed by atoms with Crippen LogP contribution in [0.15, 0.2) is 28.8 Å². The van der Waals surface area contributed by atoms with Crippen LogP contribution in [0.25, 0.3) is 11.4 Å².